The number of terminal acetylenes is 1. The Kier molecular flexibility index (Phi) is 20.1. The molecule has 1 aromatic carbocycles. The van der Waals surface area contributed by atoms with Gasteiger partial charge in [-0.25, -0.2) is 4.79 Å². The summed E-state index contributed by atoms with van der Waals surface area (Å²) in [4.78, 5) is 23.4. The van der Waals surface area contributed by atoms with Gasteiger partial charge in [0.2, 0.25) is 5.91 Å². The molecule has 0 aliphatic rings. The monoisotopic (exact) mass is 492 g/mol. The van der Waals surface area contributed by atoms with Crippen LogP contribution in [0.1, 0.15) is 37.7 Å². The second-order valence-electron chi connectivity index (χ2n) is 7.60. The number of rotatable bonds is 22. The van der Waals surface area contributed by atoms with Crippen LogP contribution in [-0.4, -0.2) is 77.9 Å². The molecule has 2 N–H and O–H groups in total. The number of amides is 2. The van der Waals surface area contributed by atoms with Crippen LogP contribution in [0.5, 0.6) is 0 Å². The summed E-state index contributed by atoms with van der Waals surface area (Å²) in [5, 5.41) is 5.44. The minimum absolute atomic E-state index is 0.0706. The molecule has 0 aromatic heterocycles. The maximum Gasteiger partial charge on any atom is 0.407 e. The van der Waals surface area contributed by atoms with E-state index in [1.807, 2.05) is 30.3 Å². The molecule has 0 spiro atoms. The van der Waals surface area contributed by atoms with Gasteiger partial charge in [-0.05, 0) is 31.2 Å². The van der Waals surface area contributed by atoms with Crippen molar-refractivity contribution in [3.05, 3.63) is 35.9 Å². The van der Waals surface area contributed by atoms with Gasteiger partial charge in [-0.1, -0.05) is 36.3 Å². The molecule has 0 atom stereocenters. The minimum atomic E-state index is -0.488. The van der Waals surface area contributed by atoms with E-state index in [4.69, 9.17) is 30.1 Å². The number of carbonyl (C=O) groups excluding carboxylic acids is 2. The zero-order valence-corrected chi connectivity index (χ0v) is 20.6. The lowest BCUT2D eigenvalue weighted by molar-refractivity contribution is -0.121. The van der Waals surface area contributed by atoms with Gasteiger partial charge in [0.1, 0.15) is 13.2 Å². The van der Waals surface area contributed by atoms with Crippen molar-refractivity contribution < 1.29 is 33.3 Å². The van der Waals surface area contributed by atoms with Gasteiger partial charge in [0.05, 0.1) is 13.2 Å². The predicted molar refractivity (Wildman–Crippen MR) is 133 cm³/mol. The summed E-state index contributed by atoms with van der Waals surface area (Å²) in [6.07, 6.45) is 7.95. The van der Waals surface area contributed by atoms with Crippen molar-refractivity contribution in [3.63, 3.8) is 0 Å². The summed E-state index contributed by atoms with van der Waals surface area (Å²) in [5.41, 5.74) is 0.924. The first-order valence-electron chi connectivity index (χ1n) is 12.2. The molecule has 0 unspecified atom stereocenters. The standard InChI is InChI=1S/C26H40N2O7/c1-2-15-31-16-7-17-32-18-8-19-33-20-9-21-34-22-14-27-25(29)12-6-13-28-26(30)35-23-24-10-4-3-5-11-24/h1,3-5,10-11H,6-9,12-23H2,(H,27,29)(H,28,30). The van der Waals surface area contributed by atoms with Crippen LogP contribution in [0.4, 0.5) is 4.79 Å². The third-order valence-corrected chi connectivity index (χ3v) is 4.55. The summed E-state index contributed by atoms with van der Waals surface area (Å²) >= 11 is 0. The fourth-order valence-electron chi connectivity index (χ4n) is 2.79. The third kappa shape index (κ3) is 20.4. The first-order valence-corrected chi connectivity index (χ1v) is 12.2. The highest BCUT2D eigenvalue weighted by molar-refractivity contribution is 5.75. The smallest absolute Gasteiger partial charge is 0.407 e. The Morgan fingerprint density at radius 3 is 1.97 bits per heavy atom. The molecule has 0 heterocycles. The van der Waals surface area contributed by atoms with Crippen molar-refractivity contribution >= 4 is 12.0 Å². The Bertz CT molecular complexity index is 695. The maximum atomic E-state index is 11.8. The van der Waals surface area contributed by atoms with Crippen LogP contribution in [-0.2, 0) is 35.1 Å². The number of benzene rings is 1. The van der Waals surface area contributed by atoms with E-state index in [1.165, 1.54) is 0 Å². The summed E-state index contributed by atoms with van der Waals surface area (Å²) in [5.74, 6) is 2.35. The third-order valence-electron chi connectivity index (χ3n) is 4.55. The Morgan fingerprint density at radius 2 is 1.34 bits per heavy atom. The molecule has 0 bridgehead atoms. The van der Waals surface area contributed by atoms with E-state index >= 15 is 0 Å². The average molecular weight is 493 g/mol. The highest BCUT2D eigenvalue weighted by atomic mass is 16.5. The Hall–Kier alpha value is -2.64. The molecule has 0 aliphatic heterocycles. The van der Waals surface area contributed by atoms with Crippen molar-refractivity contribution in [1.29, 1.82) is 0 Å². The van der Waals surface area contributed by atoms with Gasteiger partial charge < -0.3 is 34.3 Å². The van der Waals surface area contributed by atoms with E-state index in [9.17, 15) is 9.59 Å². The van der Waals surface area contributed by atoms with Crippen LogP contribution in [0.3, 0.4) is 0 Å². The Labute approximate surface area is 209 Å². The Balaban J connectivity index is 1.77. The minimum Gasteiger partial charge on any atom is -0.445 e. The maximum absolute atomic E-state index is 11.8. The molecule has 1 aromatic rings. The molecular formula is C26H40N2O7. The molecule has 0 radical (unpaired) electrons. The topological polar surface area (TPSA) is 104 Å². The second kappa shape index (κ2) is 23.1. The van der Waals surface area contributed by atoms with Crippen LogP contribution >= 0.6 is 0 Å². The lowest BCUT2D eigenvalue weighted by atomic mass is 10.2. The van der Waals surface area contributed by atoms with Gasteiger partial charge in [-0.2, -0.15) is 0 Å². The van der Waals surface area contributed by atoms with E-state index < -0.39 is 6.09 Å². The lowest BCUT2D eigenvalue weighted by Crippen LogP contribution is -2.29. The number of hydrogen-bond donors (Lipinski definition) is 2. The molecule has 0 saturated carbocycles. The predicted octanol–water partition coefficient (Wildman–Crippen LogP) is 2.68. The van der Waals surface area contributed by atoms with Gasteiger partial charge in [0, 0.05) is 52.5 Å². The first-order chi connectivity index (χ1) is 17.2. The quantitative estimate of drug-likeness (QED) is 0.189. The number of ether oxygens (including phenoxy) is 5. The van der Waals surface area contributed by atoms with Crippen molar-refractivity contribution in [2.45, 2.75) is 38.7 Å². The summed E-state index contributed by atoms with van der Waals surface area (Å²) in [6, 6.07) is 9.45. The largest absolute Gasteiger partial charge is 0.445 e. The van der Waals surface area contributed by atoms with Crippen molar-refractivity contribution in [2.75, 3.05) is 65.9 Å². The lowest BCUT2D eigenvalue weighted by Gasteiger charge is -2.08. The Morgan fingerprint density at radius 1 is 0.743 bits per heavy atom. The molecule has 0 fully saturated rings. The number of nitrogens with one attached hydrogen (secondary N) is 2. The summed E-state index contributed by atoms with van der Waals surface area (Å²) < 4.78 is 26.8. The molecule has 0 saturated heterocycles. The molecule has 9 heteroatoms. The number of alkyl carbamates (subject to hydrolysis) is 1. The van der Waals surface area contributed by atoms with Crippen LogP contribution in [0, 0.1) is 12.3 Å². The number of carbonyl (C=O) groups is 2. The fourth-order valence-corrected chi connectivity index (χ4v) is 2.79. The molecule has 1 rings (SSSR count). The molecule has 0 aliphatic carbocycles. The van der Waals surface area contributed by atoms with Crippen LogP contribution in [0.25, 0.3) is 0 Å². The highest BCUT2D eigenvalue weighted by Gasteiger charge is 2.04. The van der Waals surface area contributed by atoms with E-state index in [-0.39, 0.29) is 12.5 Å². The molecule has 196 valence electrons. The zero-order valence-electron chi connectivity index (χ0n) is 20.6. The summed E-state index contributed by atoms with van der Waals surface area (Å²) in [7, 11) is 0. The fraction of sp³-hybridized carbons (Fsp3) is 0.615. The average Bonchev–Trinajstić information content (AvgIpc) is 2.88. The van der Waals surface area contributed by atoms with Gasteiger partial charge in [-0.15, -0.1) is 6.42 Å². The van der Waals surface area contributed by atoms with Crippen molar-refractivity contribution in [1.82, 2.24) is 10.6 Å². The SMILES string of the molecule is C#CCOCCCOCCCOCCCOCCNC(=O)CCCNC(=O)OCc1ccccc1. The zero-order chi connectivity index (χ0) is 25.2. The van der Waals surface area contributed by atoms with Crippen LogP contribution in [0.2, 0.25) is 0 Å². The van der Waals surface area contributed by atoms with E-state index in [0.717, 1.165) is 24.8 Å². The van der Waals surface area contributed by atoms with E-state index in [1.54, 1.807) is 0 Å². The number of hydrogen-bond acceptors (Lipinski definition) is 7. The van der Waals surface area contributed by atoms with Gasteiger partial charge in [0.15, 0.2) is 0 Å². The highest BCUT2D eigenvalue weighted by Crippen LogP contribution is 2.00. The van der Waals surface area contributed by atoms with Crippen molar-refractivity contribution in [3.8, 4) is 12.3 Å². The molecule has 9 nitrogen and oxygen atoms in total. The van der Waals surface area contributed by atoms with Crippen LogP contribution < -0.4 is 10.6 Å². The molecule has 2 amide bonds. The molecular weight excluding hydrogens is 452 g/mol. The van der Waals surface area contributed by atoms with Crippen LogP contribution in [0.15, 0.2) is 30.3 Å². The van der Waals surface area contributed by atoms with Gasteiger partial charge >= 0.3 is 6.09 Å². The van der Waals surface area contributed by atoms with E-state index in [0.29, 0.717) is 78.8 Å². The molecule has 35 heavy (non-hydrogen) atoms. The van der Waals surface area contributed by atoms with E-state index in [2.05, 4.69) is 16.6 Å². The van der Waals surface area contributed by atoms with Gasteiger partial charge in [-0.3, -0.25) is 4.79 Å². The summed E-state index contributed by atoms with van der Waals surface area (Å²) in [6.45, 7) is 5.68. The van der Waals surface area contributed by atoms with Gasteiger partial charge in [0.25, 0.3) is 0 Å². The normalized spacial score (nSPS) is 10.5. The van der Waals surface area contributed by atoms with Crippen molar-refractivity contribution in [2.24, 2.45) is 0 Å². The second-order valence-corrected chi connectivity index (χ2v) is 7.60. The first kappa shape index (κ1) is 30.4.